The Labute approximate surface area is 167 Å². The molecule has 1 aromatic carbocycles. The molecule has 0 saturated carbocycles. The topological polar surface area (TPSA) is 93.3 Å². The third-order valence-corrected chi connectivity index (χ3v) is 5.53. The number of imidazole rings is 1. The molecular formula is C21H21N5O3. The molecule has 2 aromatic heterocycles. The first kappa shape index (κ1) is 17.7. The van der Waals surface area contributed by atoms with E-state index in [2.05, 4.69) is 15.5 Å². The molecule has 0 fully saturated rings. The van der Waals surface area contributed by atoms with Gasteiger partial charge in [-0.15, -0.1) is 0 Å². The number of aryl methyl sites for hydroxylation is 1. The molecular weight excluding hydrogens is 370 g/mol. The molecule has 1 N–H and O–H groups in total. The van der Waals surface area contributed by atoms with E-state index < -0.39 is 0 Å². The van der Waals surface area contributed by atoms with Crippen LogP contribution in [-0.4, -0.2) is 33.1 Å². The highest BCUT2D eigenvalue weighted by Crippen LogP contribution is 2.30. The number of nitrogens with zero attached hydrogens (tertiary/aromatic N) is 4. The fourth-order valence-electron chi connectivity index (χ4n) is 4.16. The smallest absolute Gasteiger partial charge is 0.294 e. The number of hydrogen-bond donors (Lipinski definition) is 1. The van der Waals surface area contributed by atoms with Crippen LogP contribution >= 0.6 is 0 Å². The summed E-state index contributed by atoms with van der Waals surface area (Å²) in [6.07, 6.45) is 3.48. The first-order valence-corrected chi connectivity index (χ1v) is 9.85. The van der Waals surface area contributed by atoms with Crippen molar-refractivity contribution in [2.24, 2.45) is 0 Å². The maximum Gasteiger partial charge on any atom is 0.294 e. The molecule has 8 nitrogen and oxygen atoms in total. The lowest BCUT2D eigenvalue weighted by molar-refractivity contribution is 0.0974. The van der Waals surface area contributed by atoms with Crippen LogP contribution in [0.4, 0.5) is 11.5 Å². The lowest BCUT2D eigenvalue weighted by Gasteiger charge is -2.20. The summed E-state index contributed by atoms with van der Waals surface area (Å²) in [5.41, 5.74) is 3.19. The maximum absolute atomic E-state index is 13.4. The molecule has 4 heterocycles. The lowest BCUT2D eigenvalue weighted by Crippen LogP contribution is -2.32. The molecule has 0 unspecified atom stereocenters. The Bertz CT molecular complexity index is 1110. The van der Waals surface area contributed by atoms with Crippen LogP contribution in [0.2, 0.25) is 0 Å². The van der Waals surface area contributed by atoms with Crippen molar-refractivity contribution in [1.29, 1.82) is 0 Å². The van der Waals surface area contributed by atoms with E-state index in [4.69, 9.17) is 4.52 Å². The van der Waals surface area contributed by atoms with E-state index in [1.54, 1.807) is 17.9 Å². The van der Waals surface area contributed by atoms with Crippen molar-refractivity contribution in [3.8, 4) is 0 Å². The number of rotatable bonds is 3. The molecule has 2 aliphatic rings. The van der Waals surface area contributed by atoms with E-state index in [1.165, 1.54) is 0 Å². The molecule has 8 heteroatoms. The van der Waals surface area contributed by atoms with Crippen LogP contribution in [-0.2, 0) is 19.4 Å². The molecule has 0 atom stereocenters. The quantitative estimate of drug-likeness (QED) is 0.741. The second-order valence-corrected chi connectivity index (χ2v) is 7.45. The van der Waals surface area contributed by atoms with E-state index >= 15 is 0 Å². The average molecular weight is 391 g/mol. The van der Waals surface area contributed by atoms with E-state index in [0.717, 1.165) is 42.6 Å². The summed E-state index contributed by atoms with van der Waals surface area (Å²) >= 11 is 0. The van der Waals surface area contributed by atoms with Crippen LogP contribution in [0.15, 0.2) is 34.9 Å². The number of anilines is 2. The monoisotopic (exact) mass is 391 g/mol. The first-order valence-electron chi connectivity index (χ1n) is 9.85. The summed E-state index contributed by atoms with van der Waals surface area (Å²) in [5, 5.41) is 6.53. The number of para-hydroxylation sites is 1. The standard InChI is InChI=1S/C21H21N5O3/c1-13-12-17(24-29-13)22-20(27)18-16-8-4-5-10-25(16)19(23-18)21(28)26-11-9-14-6-2-3-7-15(14)26/h2-3,6-7,12H,4-5,8-11H2,1H3,(H,22,24,27). The van der Waals surface area contributed by atoms with E-state index in [9.17, 15) is 9.59 Å². The van der Waals surface area contributed by atoms with Crippen LogP contribution in [0, 0.1) is 6.92 Å². The highest BCUT2D eigenvalue weighted by atomic mass is 16.5. The van der Waals surface area contributed by atoms with Crippen molar-refractivity contribution >= 4 is 23.3 Å². The van der Waals surface area contributed by atoms with Crippen LogP contribution < -0.4 is 10.2 Å². The van der Waals surface area contributed by atoms with Gasteiger partial charge in [-0.1, -0.05) is 23.4 Å². The predicted octanol–water partition coefficient (Wildman–Crippen LogP) is 2.97. The fraction of sp³-hybridized carbons (Fsp3) is 0.333. The molecule has 0 bridgehead atoms. The molecule has 0 saturated heterocycles. The summed E-state index contributed by atoms with van der Waals surface area (Å²) in [5.74, 6) is 0.749. The van der Waals surface area contributed by atoms with Gasteiger partial charge in [0.15, 0.2) is 11.5 Å². The number of aromatic nitrogens is 3. The van der Waals surface area contributed by atoms with E-state index in [0.29, 0.717) is 36.2 Å². The summed E-state index contributed by atoms with van der Waals surface area (Å²) < 4.78 is 6.92. The SMILES string of the molecule is Cc1cc(NC(=O)c2nc(C(=O)N3CCc4ccccc43)n3c2CCCC3)no1. The third-order valence-electron chi connectivity index (χ3n) is 5.53. The number of carbonyl (C=O) groups is 2. The van der Waals surface area contributed by atoms with Gasteiger partial charge in [-0.3, -0.25) is 9.59 Å². The van der Waals surface area contributed by atoms with Crippen molar-refractivity contribution in [2.45, 2.75) is 39.2 Å². The number of carbonyl (C=O) groups excluding carboxylic acids is 2. The van der Waals surface area contributed by atoms with Gasteiger partial charge < -0.3 is 19.3 Å². The Balaban J connectivity index is 1.49. The molecule has 2 amide bonds. The number of benzene rings is 1. The second kappa shape index (κ2) is 6.88. The van der Waals surface area contributed by atoms with Crippen molar-refractivity contribution in [2.75, 3.05) is 16.8 Å². The van der Waals surface area contributed by atoms with Crippen LogP contribution in [0.25, 0.3) is 0 Å². The number of hydrogen-bond acceptors (Lipinski definition) is 5. The summed E-state index contributed by atoms with van der Waals surface area (Å²) in [6, 6.07) is 9.57. The van der Waals surface area contributed by atoms with Gasteiger partial charge in [0.05, 0.1) is 5.69 Å². The Hall–Kier alpha value is -3.42. The molecule has 0 aliphatic carbocycles. The molecule has 29 heavy (non-hydrogen) atoms. The number of amides is 2. The minimum atomic E-state index is -0.371. The highest BCUT2D eigenvalue weighted by Gasteiger charge is 2.33. The fourth-order valence-corrected chi connectivity index (χ4v) is 4.16. The predicted molar refractivity (Wildman–Crippen MR) is 106 cm³/mol. The summed E-state index contributed by atoms with van der Waals surface area (Å²) in [4.78, 5) is 32.5. The van der Waals surface area contributed by atoms with Gasteiger partial charge in [-0.2, -0.15) is 0 Å². The normalized spacial score (nSPS) is 15.1. The van der Waals surface area contributed by atoms with Crippen molar-refractivity contribution in [3.63, 3.8) is 0 Å². The average Bonchev–Trinajstić information content (AvgIpc) is 3.44. The van der Waals surface area contributed by atoms with Gasteiger partial charge in [0.2, 0.25) is 5.82 Å². The van der Waals surface area contributed by atoms with E-state index in [1.807, 2.05) is 28.8 Å². The Morgan fingerprint density at radius 1 is 1.14 bits per heavy atom. The van der Waals surface area contributed by atoms with Crippen molar-refractivity contribution in [1.82, 2.24) is 14.7 Å². The van der Waals surface area contributed by atoms with Gasteiger partial charge in [-0.05, 0) is 44.2 Å². The minimum absolute atomic E-state index is 0.158. The second-order valence-electron chi connectivity index (χ2n) is 7.45. The first-order chi connectivity index (χ1) is 14.1. The van der Waals surface area contributed by atoms with Crippen molar-refractivity contribution < 1.29 is 14.1 Å². The van der Waals surface area contributed by atoms with Gasteiger partial charge in [0.25, 0.3) is 11.8 Å². The van der Waals surface area contributed by atoms with Crippen molar-refractivity contribution in [3.05, 3.63) is 58.9 Å². The van der Waals surface area contributed by atoms with Gasteiger partial charge in [-0.25, -0.2) is 4.98 Å². The minimum Gasteiger partial charge on any atom is -0.360 e. The molecule has 5 rings (SSSR count). The third kappa shape index (κ3) is 3.00. The molecule has 0 radical (unpaired) electrons. The number of fused-ring (bicyclic) bond motifs is 2. The summed E-state index contributed by atoms with van der Waals surface area (Å²) in [7, 11) is 0. The van der Waals surface area contributed by atoms with Crippen LogP contribution in [0.5, 0.6) is 0 Å². The Morgan fingerprint density at radius 2 is 2.00 bits per heavy atom. The molecule has 3 aromatic rings. The largest absolute Gasteiger partial charge is 0.360 e. The Kier molecular flexibility index (Phi) is 4.19. The molecule has 148 valence electrons. The zero-order valence-corrected chi connectivity index (χ0v) is 16.1. The van der Waals surface area contributed by atoms with Gasteiger partial charge in [0.1, 0.15) is 5.76 Å². The van der Waals surface area contributed by atoms with Crippen LogP contribution in [0.3, 0.4) is 0 Å². The van der Waals surface area contributed by atoms with Gasteiger partial charge in [0, 0.05) is 24.8 Å². The highest BCUT2D eigenvalue weighted by molar-refractivity contribution is 6.08. The lowest BCUT2D eigenvalue weighted by atomic mass is 10.1. The van der Waals surface area contributed by atoms with E-state index in [-0.39, 0.29) is 11.8 Å². The van der Waals surface area contributed by atoms with Gasteiger partial charge >= 0.3 is 0 Å². The zero-order valence-electron chi connectivity index (χ0n) is 16.1. The Morgan fingerprint density at radius 3 is 2.83 bits per heavy atom. The summed E-state index contributed by atoms with van der Waals surface area (Å²) in [6.45, 7) is 3.07. The van der Waals surface area contributed by atoms with Crippen LogP contribution in [0.1, 0.15) is 51.0 Å². The number of nitrogens with one attached hydrogen (secondary N) is 1. The molecule has 0 spiro atoms. The maximum atomic E-state index is 13.4. The zero-order chi connectivity index (χ0) is 20.0. The molecule has 2 aliphatic heterocycles.